The number of hydrogen-bond acceptors (Lipinski definition) is 9. The Bertz CT molecular complexity index is 2580. The van der Waals surface area contributed by atoms with E-state index in [4.69, 9.17) is 22.8 Å². The molecule has 364 valence electrons. The summed E-state index contributed by atoms with van der Waals surface area (Å²) in [5.41, 5.74) is 15.5. The van der Waals surface area contributed by atoms with Crippen molar-refractivity contribution in [2.75, 3.05) is 44.3 Å². The number of nitrogens with zero attached hydrogens (tertiary/aromatic N) is 2. The number of esters is 2. The molecule has 0 spiro atoms. The van der Waals surface area contributed by atoms with Crippen molar-refractivity contribution in [3.05, 3.63) is 167 Å². The van der Waals surface area contributed by atoms with Crippen LogP contribution in [0.25, 0.3) is 11.1 Å². The standard InChI is InChI=1S/C58H72N2O7Si2/c1-43-13-25-51(26-14-43)59(53-29-17-47(18-30-53)21-35-57(61)66-37-11-39-68(8,9)10)55-33-23-49(41-45(55)3)50-24-34-56(46(4)42-50)60(52-27-15-44(2)16-28-52)54-31-19-48(20-32-54)22-36-58(62)67-38-12-40-69(63-5,64-6)65-7/h13-20,23-34,41-42H,11-12,21-22,35-40H2,1-10H3. The molecule has 0 atom stereocenters. The Labute approximate surface area is 413 Å². The molecule has 0 amide bonds. The second kappa shape index (κ2) is 24.6. The number of anilines is 6. The van der Waals surface area contributed by atoms with E-state index in [0.717, 1.165) is 80.0 Å². The highest BCUT2D eigenvalue weighted by Gasteiger charge is 2.37. The molecule has 0 aliphatic heterocycles. The summed E-state index contributed by atoms with van der Waals surface area (Å²) in [4.78, 5) is 29.8. The van der Waals surface area contributed by atoms with Crippen LogP contribution in [-0.2, 0) is 45.2 Å². The monoisotopic (exact) mass is 964 g/mol. The Hall–Kier alpha value is -5.83. The van der Waals surface area contributed by atoms with E-state index in [1.165, 1.54) is 11.1 Å². The highest BCUT2D eigenvalue weighted by atomic mass is 28.4. The molecule has 0 fully saturated rings. The molecule has 0 N–H and O–H groups in total. The van der Waals surface area contributed by atoms with Crippen LogP contribution in [-0.4, -0.2) is 63.4 Å². The summed E-state index contributed by atoms with van der Waals surface area (Å²) in [6.45, 7) is 16.4. The van der Waals surface area contributed by atoms with Gasteiger partial charge in [0.25, 0.3) is 0 Å². The normalized spacial score (nSPS) is 11.6. The molecule has 0 heterocycles. The fourth-order valence-electron chi connectivity index (χ4n) is 8.49. The summed E-state index contributed by atoms with van der Waals surface area (Å²) in [7, 11) is 0.916. The third-order valence-corrected chi connectivity index (χ3v) is 17.3. The van der Waals surface area contributed by atoms with Crippen molar-refractivity contribution in [3.63, 3.8) is 0 Å². The lowest BCUT2D eigenvalue weighted by Crippen LogP contribution is -2.42. The summed E-state index contributed by atoms with van der Waals surface area (Å²) in [5.74, 6) is -0.361. The second-order valence-corrected chi connectivity index (χ2v) is 27.9. The molecule has 6 aromatic carbocycles. The van der Waals surface area contributed by atoms with Crippen LogP contribution in [0.15, 0.2) is 133 Å². The molecule has 0 saturated carbocycles. The Morgan fingerprint density at radius 1 is 0.464 bits per heavy atom. The van der Waals surface area contributed by atoms with Gasteiger partial charge in [0.1, 0.15) is 0 Å². The first kappa shape index (κ1) is 52.5. The number of aryl methyl sites for hydroxylation is 6. The zero-order valence-electron chi connectivity index (χ0n) is 42.5. The fourth-order valence-corrected chi connectivity index (χ4v) is 11.4. The van der Waals surface area contributed by atoms with Crippen LogP contribution in [0.3, 0.4) is 0 Å². The zero-order valence-corrected chi connectivity index (χ0v) is 44.5. The predicted octanol–water partition coefficient (Wildman–Crippen LogP) is 14.5. The van der Waals surface area contributed by atoms with Gasteiger partial charge in [0, 0.05) is 82.4 Å². The van der Waals surface area contributed by atoms with E-state index in [9.17, 15) is 9.59 Å². The molecule has 0 aliphatic rings. The molecule has 0 aliphatic carbocycles. The van der Waals surface area contributed by atoms with Crippen LogP contribution in [0.4, 0.5) is 34.1 Å². The van der Waals surface area contributed by atoms with Crippen molar-refractivity contribution in [1.29, 1.82) is 0 Å². The molecule has 6 aromatic rings. The maximum atomic E-state index is 12.6. The van der Waals surface area contributed by atoms with Crippen LogP contribution >= 0.6 is 0 Å². The quantitative estimate of drug-likeness (QED) is 0.0334. The van der Waals surface area contributed by atoms with Crippen molar-refractivity contribution in [2.45, 2.75) is 97.9 Å². The smallest absolute Gasteiger partial charge is 0.466 e. The van der Waals surface area contributed by atoms with Crippen molar-refractivity contribution < 1.29 is 32.3 Å². The van der Waals surface area contributed by atoms with E-state index < -0.39 is 16.9 Å². The van der Waals surface area contributed by atoms with Crippen LogP contribution < -0.4 is 9.80 Å². The molecule has 0 radical (unpaired) electrons. The van der Waals surface area contributed by atoms with Crippen LogP contribution in [0, 0.1) is 27.7 Å². The van der Waals surface area contributed by atoms with Gasteiger partial charge in [0.05, 0.1) is 13.2 Å². The lowest BCUT2D eigenvalue weighted by molar-refractivity contribution is -0.144. The van der Waals surface area contributed by atoms with Crippen LogP contribution in [0.2, 0.25) is 31.7 Å². The molecule has 11 heteroatoms. The SMILES string of the molecule is CO[Si](CCCOC(=O)CCc1ccc(N(c2ccc(C)cc2)c2ccc(-c3ccc(N(c4ccc(C)cc4)c4ccc(CCC(=O)OCCC[Si](C)(C)C)cc4)c(C)c3)cc2C)cc1)(OC)OC. The predicted molar refractivity (Wildman–Crippen MR) is 288 cm³/mol. The Balaban J connectivity index is 1.17. The minimum Gasteiger partial charge on any atom is -0.466 e. The third kappa shape index (κ3) is 14.8. The maximum Gasteiger partial charge on any atom is 0.500 e. The molecule has 0 aromatic heterocycles. The summed E-state index contributed by atoms with van der Waals surface area (Å²) >= 11 is 0. The van der Waals surface area contributed by atoms with Gasteiger partial charge in [-0.15, -0.1) is 0 Å². The van der Waals surface area contributed by atoms with E-state index in [0.29, 0.717) is 51.4 Å². The number of hydrogen-bond donors (Lipinski definition) is 0. The average Bonchev–Trinajstić information content (AvgIpc) is 3.34. The van der Waals surface area contributed by atoms with Gasteiger partial charge in [-0.2, -0.15) is 0 Å². The summed E-state index contributed by atoms with van der Waals surface area (Å²) in [5, 5.41) is 0. The summed E-state index contributed by atoms with van der Waals surface area (Å²) < 4.78 is 27.5. The van der Waals surface area contributed by atoms with Crippen molar-refractivity contribution >= 4 is 62.9 Å². The highest BCUT2D eigenvalue weighted by Crippen LogP contribution is 2.41. The number of carbonyl (C=O) groups excluding carboxylic acids is 2. The van der Waals surface area contributed by atoms with Crippen LogP contribution in [0.1, 0.15) is 59.1 Å². The number of carbonyl (C=O) groups is 2. The molecule has 69 heavy (non-hydrogen) atoms. The van der Waals surface area contributed by atoms with Gasteiger partial charge < -0.3 is 32.6 Å². The Morgan fingerprint density at radius 3 is 1.14 bits per heavy atom. The summed E-state index contributed by atoms with van der Waals surface area (Å²) in [6.07, 6.45) is 3.44. The Kier molecular flexibility index (Phi) is 18.8. The molecular weight excluding hydrogens is 893 g/mol. The highest BCUT2D eigenvalue weighted by molar-refractivity contribution is 6.76. The van der Waals surface area contributed by atoms with Gasteiger partial charge in [0.15, 0.2) is 0 Å². The lowest BCUT2D eigenvalue weighted by Gasteiger charge is -2.28. The first-order valence-corrected chi connectivity index (χ1v) is 29.8. The zero-order chi connectivity index (χ0) is 49.6. The topological polar surface area (TPSA) is 86.8 Å². The minimum atomic E-state index is -2.69. The first-order chi connectivity index (χ1) is 33.1. The van der Waals surface area contributed by atoms with Gasteiger partial charge in [-0.25, -0.2) is 0 Å². The van der Waals surface area contributed by atoms with Gasteiger partial charge in [-0.3, -0.25) is 9.59 Å². The van der Waals surface area contributed by atoms with E-state index in [2.05, 4.69) is 191 Å². The molecule has 0 saturated heterocycles. The summed E-state index contributed by atoms with van der Waals surface area (Å²) in [6, 6.07) is 49.4. The van der Waals surface area contributed by atoms with Crippen molar-refractivity contribution in [1.82, 2.24) is 0 Å². The fraction of sp³-hybridized carbons (Fsp3) is 0.345. The average molecular weight is 965 g/mol. The van der Waals surface area contributed by atoms with Gasteiger partial charge in [0.2, 0.25) is 0 Å². The lowest BCUT2D eigenvalue weighted by atomic mass is 9.98. The maximum absolute atomic E-state index is 12.6. The van der Waals surface area contributed by atoms with E-state index in [-0.39, 0.29) is 11.9 Å². The van der Waals surface area contributed by atoms with E-state index in [1.807, 2.05) is 0 Å². The van der Waals surface area contributed by atoms with Gasteiger partial charge >= 0.3 is 20.7 Å². The third-order valence-electron chi connectivity index (χ3n) is 12.6. The van der Waals surface area contributed by atoms with E-state index >= 15 is 0 Å². The number of rotatable bonds is 24. The molecule has 0 unspecified atom stereocenters. The largest absolute Gasteiger partial charge is 0.500 e. The first-order valence-electron chi connectivity index (χ1n) is 24.2. The van der Waals surface area contributed by atoms with Gasteiger partial charge in [-0.05, 0) is 160 Å². The van der Waals surface area contributed by atoms with Crippen LogP contribution in [0.5, 0.6) is 0 Å². The van der Waals surface area contributed by atoms with Crippen molar-refractivity contribution in [3.8, 4) is 11.1 Å². The van der Waals surface area contributed by atoms with Gasteiger partial charge in [-0.1, -0.05) is 97.5 Å². The molecule has 9 nitrogen and oxygen atoms in total. The molecule has 6 rings (SSSR count). The minimum absolute atomic E-state index is 0.130. The van der Waals surface area contributed by atoms with E-state index in [1.54, 1.807) is 21.3 Å². The molecular formula is C58H72N2O7Si2. The molecule has 0 bridgehead atoms. The van der Waals surface area contributed by atoms with Crippen molar-refractivity contribution in [2.24, 2.45) is 0 Å². The number of ether oxygens (including phenoxy) is 2. The Morgan fingerprint density at radius 2 is 0.812 bits per heavy atom. The second-order valence-electron chi connectivity index (χ2n) is 19.2. The number of benzene rings is 6.